The minimum atomic E-state index is -0.133. The lowest BCUT2D eigenvalue weighted by Gasteiger charge is -2.36. The molecule has 1 saturated heterocycles. The van der Waals surface area contributed by atoms with E-state index < -0.39 is 0 Å². The van der Waals surface area contributed by atoms with E-state index in [1.807, 2.05) is 20.9 Å². The summed E-state index contributed by atoms with van der Waals surface area (Å²) in [6.45, 7) is 4.92. The van der Waals surface area contributed by atoms with Gasteiger partial charge in [-0.15, -0.1) is 0 Å². The second-order valence-corrected chi connectivity index (χ2v) is 5.36. The van der Waals surface area contributed by atoms with Crippen LogP contribution < -0.4 is 15.5 Å². The van der Waals surface area contributed by atoms with Crippen LogP contribution >= 0.6 is 0 Å². The van der Waals surface area contributed by atoms with E-state index in [1.165, 1.54) is 0 Å². The monoisotopic (exact) mass is 291 g/mol. The molecule has 6 nitrogen and oxygen atoms in total. The number of piperidine rings is 1. The quantitative estimate of drug-likeness (QED) is 0.879. The van der Waals surface area contributed by atoms with E-state index >= 15 is 0 Å². The molecular formula is C15H25N5O. The Morgan fingerprint density at radius 2 is 2.10 bits per heavy atom. The van der Waals surface area contributed by atoms with Crippen LogP contribution in [0.3, 0.4) is 0 Å². The normalized spacial score (nSPS) is 18.5. The van der Waals surface area contributed by atoms with Gasteiger partial charge in [-0.3, -0.25) is 4.79 Å². The van der Waals surface area contributed by atoms with Gasteiger partial charge in [-0.25, -0.2) is 9.97 Å². The van der Waals surface area contributed by atoms with E-state index in [1.54, 1.807) is 7.05 Å². The van der Waals surface area contributed by atoms with Crippen molar-refractivity contribution in [2.45, 2.75) is 45.6 Å². The Morgan fingerprint density at radius 1 is 1.33 bits per heavy atom. The molecule has 21 heavy (non-hydrogen) atoms. The highest BCUT2D eigenvalue weighted by Gasteiger charge is 2.30. The van der Waals surface area contributed by atoms with Crippen LogP contribution in [0.2, 0.25) is 0 Å². The zero-order valence-corrected chi connectivity index (χ0v) is 13.4. The third-order valence-corrected chi connectivity index (χ3v) is 4.04. The topological polar surface area (TPSA) is 70.2 Å². The molecule has 2 rings (SSSR count). The van der Waals surface area contributed by atoms with Gasteiger partial charge >= 0.3 is 0 Å². The Hall–Kier alpha value is -1.85. The van der Waals surface area contributed by atoms with E-state index in [0.29, 0.717) is 0 Å². The van der Waals surface area contributed by atoms with Crippen molar-refractivity contribution in [2.24, 2.45) is 0 Å². The molecule has 0 radical (unpaired) electrons. The minimum Gasteiger partial charge on any atom is -0.373 e. The first-order valence-corrected chi connectivity index (χ1v) is 7.65. The highest BCUT2D eigenvalue weighted by atomic mass is 16.2. The van der Waals surface area contributed by atoms with Gasteiger partial charge in [0.2, 0.25) is 5.91 Å². The first-order valence-electron chi connectivity index (χ1n) is 7.65. The summed E-state index contributed by atoms with van der Waals surface area (Å²) < 4.78 is 0. The van der Waals surface area contributed by atoms with E-state index in [9.17, 15) is 4.79 Å². The molecule has 0 bridgehead atoms. The number of aromatic nitrogens is 2. The van der Waals surface area contributed by atoms with Gasteiger partial charge in [-0.05, 0) is 26.2 Å². The number of hydrogen-bond acceptors (Lipinski definition) is 5. The van der Waals surface area contributed by atoms with Gasteiger partial charge in [-0.2, -0.15) is 0 Å². The van der Waals surface area contributed by atoms with Crippen molar-refractivity contribution in [2.75, 3.05) is 30.9 Å². The lowest BCUT2D eigenvalue weighted by Crippen LogP contribution is -2.49. The summed E-state index contributed by atoms with van der Waals surface area (Å²) in [5.41, 5.74) is 1.01. The molecule has 1 atom stereocenters. The number of amides is 1. The van der Waals surface area contributed by atoms with Gasteiger partial charge < -0.3 is 15.5 Å². The smallest absolute Gasteiger partial charge is 0.242 e. The number of hydrogen-bond donors (Lipinski definition) is 2. The highest BCUT2D eigenvalue weighted by molar-refractivity contribution is 5.85. The predicted molar refractivity (Wildman–Crippen MR) is 84.7 cm³/mol. The summed E-state index contributed by atoms with van der Waals surface area (Å²) in [5.74, 6) is 2.61. The van der Waals surface area contributed by atoms with Crippen molar-refractivity contribution in [3.05, 3.63) is 11.4 Å². The average molecular weight is 291 g/mol. The second-order valence-electron chi connectivity index (χ2n) is 5.36. The number of aryl methyl sites for hydroxylation is 1. The molecular weight excluding hydrogens is 266 g/mol. The van der Waals surface area contributed by atoms with E-state index in [0.717, 1.165) is 55.3 Å². The fraction of sp³-hybridized carbons (Fsp3) is 0.667. The Balaban J connectivity index is 2.44. The molecule has 116 valence electrons. The van der Waals surface area contributed by atoms with Crippen molar-refractivity contribution < 1.29 is 4.79 Å². The fourth-order valence-electron chi connectivity index (χ4n) is 2.86. The third kappa shape index (κ3) is 3.09. The van der Waals surface area contributed by atoms with Crippen molar-refractivity contribution in [1.29, 1.82) is 0 Å². The summed E-state index contributed by atoms with van der Waals surface area (Å²) in [5, 5.41) is 5.90. The maximum absolute atomic E-state index is 12.2. The Kier molecular flexibility index (Phi) is 4.98. The van der Waals surface area contributed by atoms with Crippen LogP contribution in [-0.4, -0.2) is 42.6 Å². The lowest BCUT2D eigenvalue weighted by atomic mass is 10.0. The third-order valence-electron chi connectivity index (χ3n) is 4.04. The van der Waals surface area contributed by atoms with Crippen LogP contribution in [0.15, 0.2) is 0 Å². The molecule has 1 aromatic rings. The van der Waals surface area contributed by atoms with Crippen molar-refractivity contribution >= 4 is 17.5 Å². The SMILES string of the molecule is CCc1nc(NC)c(C)c(N2CCCCC2C(=O)NC)n1. The molecule has 2 heterocycles. The number of anilines is 2. The standard InChI is InChI=1S/C15H25N5O/c1-5-12-18-13(16-3)10(2)14(19-12)20-9-7-6-8-11(20)15(21)17-4/h11H,5-9H2,1-4H3,(H,17,21)(H,16,18,19). The number of nitrogens with zero attached hydrogens (tertiary/aromatic N) is 3. The zero-order valence-electron chi connectivity index (χ0n) is 13.4. The molecule has 0 saturated carbocycles. The minimum absolute atomic E-state index is 0.0665. The highest BCUT2D eigenvalue weighted by Crippen LogP contribution is 2.29. The van der Waals surface area contributed by atoms with Crippen molar-refractivity contribution in [3.8, 4) is 0 Å². The van der Waals surface area contributed by atoms with Gasteiger partial charge in [0.15, 0.2) is 0 Å². The van der Waals surface area contributed by atoms with Crippen LogP contribution in [0, 0.1) is 6.92 Å². The Morgan fingerprint density at radius 3 is 2.71 bits per heavy atom. The lowest BCUT2D eigenvalue weighted by molar-refractivity contribution is -0.122. The van der Waals surface area contributed by atoms with Crippen molar-refractivity contribution in [1.82, 2.24) is 15.3 Å². The number of nitrogens with one attached hydrogen (secondary N) is 2. The molecule has 1 aromatic heterocycles. The van der Waals surface area contributed by atoms with Gasteiger partial charge in [0.25, 0.3) is 0 Å². The molecule has 6 heteroatoms. The van der Waals surface area contributed by atoms with E-state index in [4.69, 9.17) is 0 Å². The van der Waals surface area contributed by atoms with Crippen LogP contribution in [0.25, 0.3) is 0 Å². The second kappa shape index (κ2) is 6.74. The average Bonchev–Trinajstić information content (AvgIpc) is 2.54. The van der Waals surface area contributed by atoms with Crippen LogP contribution in [0.1, 0.15) is 37.6 Å². The number of carbonyl (C=O) groups is 1. The predicted octanol–water partition coefficient (Wildman–Crippen LogP) is 1.49. The molecule has 1 aliphatic rings. The molecule has 1 unspecified atom stereocenters. The molecule has 0 spiro atoms. The molecule has 1 fully saturated rings. The van der Waals surface area contributed by atoms with Crippen LogP contribution in [0.5, 0.6) is 0 Å². The first kappa shape index (κ1) is 15.5. The Labute approximate surface area is 126 Å². The molecule has 1 aliphatic heterocycles. The summed E-state index contributed by atoms with van der Waals surface area (Å²) in [4.78, 5) is 23.5. The summed E-state index contributed by atoms with van der Waals surface area (Å²) >= 11 is 0. The Bertz CT molecular complexity index is 517. The summed E-state index contributed by atoms with van der Waals surface area (Å²) in [6, 6.07) is -0.133. The van der Waals surface area contributed by atoms with Gasteiger partial charge in [0, 0.05) is 32.6 Å². The van der Waals surface area contributed by atoms with E-state index in [-0.39, 0.29) is 11.9 Å². The maximum atomic E-state index is 12.2. The van der Waals surface area contributed by atoms with Gasteiger partial charge in [0.05, 0.1) is 0 Å². The zero-order chi connectivity index (χ0) is 15.4. The molecule has 0 aromatic carbocycles. The van der Waals surface area contributed by atoms with Crippen LogP contribution in [-0.2, 0) is 11.2 Å². The fourth-order valence-corrected chi connectivity index (χ4v) is 2.86. The van der Waals surface area contributed by atoms with Gasteiger partial charge in [-0.1, -0.05) is 6.92 Å². The first-order chi connectivity index (χ1) is 10.1. The number of likely N-dealkylation sites (N-methyl/N-ethyl adjacent to an activating group) is 1. The van der Waals surface area contributed by atoms with Crippen molar-refractivity contribution in [3.63, 3.8) is 0 Å². The number of carbonyl (C=O) groups excluding carboxylic acids is 1. The van der Waals surface area contributed by atoms with E-state index in [2.05, 4.69) is 25.5 Å². The largest absolute Gasteiger partial charge is 0.373 e. The molecule has 0 aliphatic carbocycles. The molecule has 1 amide bonds. The van der Waals surface area contributed by atoms with Crippen LogP contribution in [0.4, 0.5) is 11.6 Å². The number of rotatable bonds is 4. The summed E-state index contributed by atoms with van der Waals surface area (Å²) in [6.07, 6.45) is 3.82. The van der Waals surface area contributed by atoms with Gasteiger partial charge in [0.1, 0.15) is 23.5 Å². The summed E-state index contributed by atoms with van der Waals surface area (Å²) in [7, 11) is 3.56. The molecule has 2 N–H and O–H groups in total. The maximum Gasteiger partial charge on any atom is 0.242 e.